The average molecular weight is 394 g/mol. The Labute approximate surface area is 165 Å². The molecule has 3 N–H and O–H groups in total. The molecular formula is C20H18N4O5. The van der Waals surface area contributed by atoms with Crippen molar-refractivity contribution in [3.05, 3.63) is 66.4 Å². The summed E-state index contributed by atoms with van der Waals surface area (Å²) in [5.41, 5.74) is 2.47. The standard InChI is InChI=1S/C20H18N4O5/c25-17(21-16(20(28)29)12-18(26)27)11-15-19(13-7-3-1-4-8-13)24(23-22-15)14-9-5-2-6-10-14/h1-10,16H,11-12H2,(H,21,25)(H,26,27)(H,28,29). The lowest BCUT2D eigenvalue weighted by Gasteiger charge is -2.12. The molecule has 29 heavy (non-hydrogen) atoms. The molecule has 0 aliphatic rings. The van der Waals surface area contributed by atoms with Crippen LogP contribution in [0.25, 0.3) is 16.9 Å². The Morgan fingerprint density at radius 3 is 2.17 bits per heavy atom. The van der Waals surface area contributed by atoms with Crippen molar-refractivity contribution in [2.24, 2.45) is 0 Å². The fourth-order valence-electron chi connectivity index (χ4n) is 2.84. The molecule has 0 saturated heterocycles. The zero-order chi connectivity index (χ0) is 20.8. The second kappa shape index (κ2) is 8.79. The summed E-state index contributed by atoms with van der Waals surface area (Å²) in [5, 5.41) is 28.4. The van der Waals surface area contributed by atoms with Crippen LogP contribution in [0.5, 0.6) is 0 Å². The van der Waals surface area contributed by atoms with Crippen molar-refractivity contribution in [1.29, 1.82) is 0 Å². The van der Waals surface area contributed by atoms with E-state index in [1.165, 1.54) is 0 Å². The highest BCUT2D eigenvalue weighted by Crippen LogP contribution is 2.25. The number of carbonyl (C=O) groups is 3. The van der Waals surface area contributed by atoms with Gasteiger partial charge in [-0.05, 0) is 12.1 Å². The van der Waals surface area contributed by atoms with Crippen LogP contribution in [0, 0.1) is 0 Å². The van der Waals surface area contributed by atoms with Gasteiger partial charge in [-0.3, -0.25) is 9.59 Å². The third kappa shape index (κ3) is 4.83. The van der Waals surface area contributed by atoms with E-state index in [1.54, 1.807) is 4.68 Å². The predicted molar refractivity (Wildman–Crippen MR) is 102 cm³/mol. The number of amides is 1. The van der Waals surface area contributed by atoms with E-state index >= 15 is 0 Å². The number of rotatable bonds is 8. The van der Waals surface area contributed by atoms with E-state index < -0.39 is 30.3 Å². The van der Waals surface area contributed by atoms with E-state index in [-0.39, 0.29) is 6.42 Å². The number of nitrogens with one attached hydrogen (secondary N) is 1. The van der Waals surface area contributed by atoms with Crippen LogP contribution < -0.4 is 5.32 Å². The molecule has 1 heterocycles. The van der Waals surface area contributed by atoms with Crippen LogP contribution in [-0.4, -0.2) is 49.1 Å². The summed E-state index contributed by atoms with van der Waals surface area (Å²) in [6.45, 7) is 0. The fourth-order valence-corrected chi connectivity index (χ4v) is 2.84. The molecule has 2 aromatic carbocycles. The van der Waals surface area contributed by atoms with Gasteiger partial charge in [-0.15, -0.1) is 5.10 Å². The second-order valence-corrected chi connectivity index (χ2v) is 6.23. The number of hydrogen-bond donors (Lipinski definition) is 3. The topological polar surface area (TPSA) is 134 Å². The van der Waals surface area contributed by atoms with Gasteiger partial charge in [0.25, 0.3) is 0 Å². The van der Waals surface area contributed by atoms with Gasteiger partial charge in [0.15, 0.2) is 0 Å². The molecule has 3 rings (SSSR count). The van der Waals surface area contributed by atoms with E-state index in [4.69, 9.17) is 10.2 Å². The third-order valence-electron chi connectivity index (χ3n) is 4.13. The quantitative estimate of drug-likeness (QED) is 0.527. The smallest absolute Gasteiger partial charge is 0.326 e. The molecule has 0 aliphatic heterocycles. The maximum Gasteiger partial charge on any atom is 0.326 e. The molecule has 3 aromatic rings. The van der Waals surface area contributed by atoms with Crippen LogP contribution in [0.4, 0.5) is 0 Å². The summed E-state index contributed by atoms with van der Waals surface area (Å²) in [4.78, 5) is 34.4. The molecule has 0 saturated carbocycles. The van der Waals surface area contributed by atoms with Crippen LogP contribution in [0.3, 0.4) is 0 Å². The predicted octanol–water partition coefficient (Wildman–Crippen LogP) is 1.52. The number of nitrogens with zero attached hydrogens (tertiary/aromatic N) is 3. The highest BCUT2D eigenvalue weighted by atomic mass is 16.4. The molecule has 9 nitrogen and oxygen atoms in total. The van der Waals surface area contributed by atoms with Crippen LogP contribution in [-0.2, 0) is 20.8 Å². The molecule has 1 unspecified atom stereocenters. The van der Waals surface area contributed by atoms with E-state index in [0.29, 0.717) is 11.4 Å². The van der Waals surface area contributed by atoms with Crippen molar-refractivity contribution in [1.82, 2.24) is 20.3 Å². The minimum atomic E-state index is -1.52. The van der Waals surface area contributed by atoms with Gasteiger partial charge >= 0.3 is 11.9 Å². The van der Waals surface area contributed by atoms with Gasteiger partial charge < -0.3 is 15.5 Å². The summed E-state index contributed by atoms with van der Waals surface area (Å²) < 4.78 is 1.60. The number of hydrogen-bond acceptors (Lipinski definition) is 5. The molecular weight excluding hydrogens is 376 g/mol. The van der Waals surface area contributed by atoms with Crippen LogP contribution >= 0.6 is 0 Å². The Morgan fingerprint density at radius 1 is 0.966 bits per heavy atom. The highest BCUT2D eigenvalue weighted by Gasteiger charge is 2.25. The van der Waals surface area contributed by atoms with Crippen molar-refractivity contribution >= 4 is 17.8 Å². The zero-order valence-corrected chi connectivity index (χ0v) is 15.2. The summed E-state index contributed by atoms with van der Waals surface area (Å²) in [6, 6.07) is 17.0. The molecule has 9 heteroatoms. The van der Waals surface area contributed by atoms with Gasteiger partial charge in [0.1, 0.15) is 11.7 Å². The maximum atomic E-state index is 12.4. The minimum absolute atomic E-state index is 0.250. The lowest BCUT2D eigenvalue weighted by atomic mass is 10.1. The zero-order valence-electron chi connectivity index (χ0n) is 15.2. The molecule has 0 bridgehead atoms. The van der Waals surface area contributed by atoms with E-state index in [9.17, 15) is 14.4 Å². The van der Waals surface area contributed by atoms with Crippen molar-refractivity contribution in [2.75, 3.05) is 0 Å². The van der Waals surface area contributed by atoms with Crippen LogP contribution in [0.15, 0.2) is 60.7 Å². The van der Waals surface area contributed by atoms with Crippen molar-refractivity contribution in [2.45, 2.75) is 18.9 Å². The Kier molecular flexibility index (Phi) is 5.98. The first kappa shape index (κ1) is 19.7. The average Bonchev–Trinajstić information content (AvgIpc) is 3.11. The minimum Gasteiger partial charge on any atom is -0.481 e. The number of carbonyl (C=O) groups excluding carboxylic acids is 1. The summed E-state index contributed by atoms with van der Waals surface area (Å²) in [5.74, 6) is -3.40. The van der Waals surface area contributed by atoms with Crippen LogP contribution in [0.2, 0.25) is 0 Å². The third-order valence-corrected chi connectivity index (χ3v) is 4.13. The molecule has 0 radical (unpaired) electrons. The number of aliphatic carboxylic acids is 2. The number of aromatic nitrogens is 3. The number of para-hydroxylation sites is 1. The van der Waals surface area contributed by atoms with Gasteiger partial charge in [-0.25, -0.2) is 9.48 Å². The van der Waals surface area contributed by atoms with Gasteiger partial charge in [-0.2, -0.15) is 0 Å². The Hall–Kier alpha value is -4.01. The summed E-state index contributed by atoms with van der Waals surface area (Å²) >= 11 is 0. The first-order valence-electron chi connectivity index (χ1n) is 8.75. The Morgan fingerprint density at radius 2 is 1.59 bits per heavy atom. The molecule has 0 fully saturated rings. The molecule has 1 amide bonds. The van der Waals surface area contributed by atoms with E-state index in [2.05, 4.69) is 15.6 Å². The van der Waals surface area contributed by atoms with Gasteiger partial charge in [0.05, 0.1) is 24.2 Å². The normalized spacial score (nSPS) is 11.6. The SMILES string of the molecule is O=C(O)CC(NC(=O)Cc1nnn(-c2ccccc2)c1-c1ccccc1)C(=O)O. The first-order valence-corrected chi connectivity index (χ1v) is 8.75. The van der Waals surface area contributed by atoms with Crippen LogP contribution in [0.1, 0.15) is 12.1 Å². The lowest BCUT2D eigenvalue weighted by molar-refractivity contribution is -0.147. The van der Waals surface area contributed by atoms with Crippen molar-refractivity contribution in [3.8, 4) is 16.9 Å². The summed E-state index contributed by atoms with van der Waals surface area (Å²) in [6.07, 6.45) is -0.968. The second-order valence-electron chi connectivity index (χ2n) is 6.23. The highest BCUT2D eigenvalue weighted by molar-refractivity contribution is 5.88. The number of benzene rings is 2. The first-order chi connectivity index (χ1) is 14.0. The lowest BCUT2D eigenvalue weighted by Crippen LogP contribution is -2.43. The Bertz CT molecular complexity index is 1020. The van der Waals surface area contributed by atoms with E-state index in [1.807, 2.05) is 60.7 Å². The number of carboxylic acids is 2. The van der Waals surface area contributed by atoms with Crippen molar-refractivity contribution in [3.63, 3.8) is 0 Å². The van der Waals surface area contributed by atoms with Crippen molar-refractivity contribution < 1.29 is 24.6 Å². The molecule has 1 atom stereocenters. The molecule has 0 spiro atoms. The van der Waals surface area contributed by atoms with Gasteiger partial charge in [0, 0.05) is 5.56 Å². The summed E-state index contributed by atoms with van der Waals surface area (Å²) in [7, 11) is 0. The molecule has 0 aliphatic carbocycles. The van der Waals surface area contributed by atoms with E-state index in [0.717, 1.165) is 11.3 Å². The largest absolute Gasteiger partial charge is 0.481 e. The monoisotopic (exact) mass is 394 g/mol. The number of carboxylic acid groups (broad SMARTS) is 2. The molecule has 1 aromatic heterocycles. The molecule has 148 valence electrons. The fraction of sp³-hybridized carbons (Fsp3) is 0.150. The van der Waals surface area contributed by atoms with Gasteiger partial charge in [-0.1, -0.05) is 53.7 Å². The van der Waals surface area contributed by atoms with Gasteiger partial charge in [0.2, 0.25) is 5.91 Å². The maximum absolute atomic E-state index is 12.4. The Balaban J connectivity index is 1.91.